The van der Waals surface area contributed by atoms with Crippen LogP contribution in [-0.2, 0) is 0 Å². The van der Waals surface area contributed by atoms with Crippen molar-refractivity contribution in [2.45, 2.75) is 47.1 Å². The molecule has 0 bridgehead atoms. The third-order valence-corrected chi connectivity index (χ3v) is 2.71. The molecule has 17 heavy (non-hydrogen) atoms. The lowest BCUT2D eigenvalue weighted by molar-refractivity contribution is 0.474. The predicted octanol–water partition coefficient (Wildman–Crippen LogP) is 4.33. The Morgan fingerprint density at radius 1 is 1.12 bits per heavy atom. The van der Waals surface area contributed by atoms with E-state index in [4.69, 9.17) is 0 Å². The van der Waals surface area contributed by atoms with Crippen LogP contribution in [-0.4, -0.2) is 10.6 Å². The first-order valence-corrected chi connectivity index (χ1v) is 6.21. The number of rotatable bonds is 0. The van der Waals surface area contributed by atoms with E-state index in [1.807, 2.05) is 20.8 Å². The standard InChI is InChI=1S/C13H17NO.C2H6/c1-8-5-10-9(2)7-13(3,4)14-12(10)11(15)6-8;1-2/h5-7,14-15H,1-4H3;1-2H3. The van der Waals surface area contributed by atoms with Crippen LogP contribution in [0.2, 0.25) is 0 Å². The molecule has 2 nitrogen and oxygen atoms in total. The highest BCUT2D eigenvalue weighted by Crippen LogP contribution is 2.39. The molecule has 2 N–H and O–H groups in total. The van der Waals surface area contributed by atoms with Gasteiger partial charge in [-0.05, 0) is 51.0 Å². The van der Waals surface area contributed by atoms with E-state index in [0.29, 0.717) is 5.75 Å². The van der Waals surface area contributed by atoms with Gasteiger partial charge in [-0.15, -0.1) is 0 Å². The van der Waals surface area contributed by atoms with Gasteiger partial charge in [0, 0.05) is 5.56 Å². The van der Waals surface area contributed by atoms with Gasteiger partial charge in [-0.2, -0.15) is 0 Å². The van der Waals surface area contributed by atoms with E-state index in [1.165, 1.54) is 5.57 Å². The Balaban J connectivity index is 0.000000686. The van der Waals surface area contributed by atoms with Crippen LogP contribution in [0.25, 0.3) is 5.57 Å². The van der Waals surface area contributed by atoms with Crippen molar-refractivity contribution in [3.05, 3.63) is 29.3 Å². The summed E-state index contributed by atoms with van der Waals surface area (Å²) in [7, 11) is 0. The average molecular weight is 233 g/mol. The maximum Gasteiger partial charge on any atom is 0.139 e. The fraction of sp³-hybridized carbons (Fsp3) is 0.467. The molecule has 1 aromatic carbocycles. The molecule has 0 saturated heterocycles. The van der Waals surface area contributed by atoms with Crippen molar-refractivity contribution < 1.29 is 5.11 Å². The number of nitrogens with one attached hydrogen (secondary N) is 1. The van der Waals surface area contributed by atoms with Crippen LogP contribution in [0.5, 0.6) is 5.75 Å². The molecule has 2 heteroatoms. The largest absolute Gasteiger partial charge is 0.506 e. The predicted molar refractivity (Wildman–Crippen MR) is 75.5 cm³/mol. The van der Waals surface area contributed by atoms with Crippen LogP contribution in [0.4, 0.5) is 5.69 Å². The first-order chi connectivity index (χ1) is 7.89. The Bertz CT molecular complexity index is 444. The number of anilines is 1. The molecule has 0 aromatic heterocycles. The van der Waals surface area contributed by atoms with Crippen LogP contribution in [0, 0.1) is 6.92 Å². The number of hydrogen-bond donors (Lipinski definition) is 2. The summed E-state index contributed by atoms with van der Waals surface area (Å²) in [5.41, 5.74) is 4.16. The van der Waals surface area contributed by atoms with E-state index in [1.54, 1.807) is 6.07 Å². The third-order valence-electron chi connectivity index (χ3n) is 2.71. The zero-order valence-electron chi connectivity index (χ0n) is 11.7. The molecule has 0 radical (unpaired) electrons. The first-order valence-electron chi connectivity index (χ1n) is 6.21. The number of phenolic OH excluding ortho intramolecular Hbond substituents is 1. The minimum Gasteiger partial charge on any atom is -0.506 e. The summed E-state index contributed by atoms with van der Waals surface area (Å²) in [5, 5.41) is 13.2. The van der Waals surface area contributed by atoms with Crippen molar-refractivity contribution in [3.63, 3.8) is 0 Å². The number of hydrogen-bond acceptors (Lipinski definition) is 2. The molecule has 0 aliphatic carbocycles. The SMILES string of the molecule is CC.CC1=CC(C)(C)Nc2c(O)cc(C)cc21. The number of phenols is 1. The van der Waals surface area contributed by atoms with Gasteiger partial charge in [0.05, 0.1) is 11.2 Å². The molecule has 1 aromatic rings. The fourth-order valence-electron chi connectivity index (χ4n) is 2.19. The van der Waals surface area contributed by atoms with Crippen LogP contribution >= 0.6 is 0 Å². The average Bonchev–Trinajstić information content (AvgIpc) is 2.22. The lowest BCUT2D eigenvalue weighted by Gasteiger charge is -2.32. The van der Waals surface area contributed by atoms with Gasteiger partial charge in [0.1, 0.15) is 5.75 Å². The fourth-order valence-corrected chi connectivity index (χ4v) is 2.19. The first kappa shape index (κ1) is 13.6. The van der Waals surface area contributed by atoms with Gasteiger partial charge >= 0.3 is 0 Å². The van der Waals surface area contributed by atoms with Gasteiger partial charge in [0.25, 0.3) is 0 Å². The molecular weight excluding hydrogens is 210 g/mol. The lowest BCUT2D eigenvalue weighted by Crippen LogP contribution is -2.31. The Morgan fingerprint density at radius 2 is 1.71 bits per heavy atom. The van der Waals surface area contributed by atoms with E-state index < -0.39 is 0 Å². The third kappa shape index (κ3) is 2.82. The summed E-state index contributed by atoms with van der Waals surface area (Å²) >= 11 is 0. The molecule has 0 unspecified atom stereocenters. The zero-order valence-corrected chi connectivity index (χ0v) is 11.7. The number of benzene rings is 1. The zero-order chi connectivity index (χ0) is 13.2. The summed E-state index contributed by atoms with van der Waals surface area (Å²) in [4.78, 5) is 0. The van der Waals surface area contributed by atoms with E-state index in [2.05, 4.69) is 38.2 Å². The van der Waals surface area contributed by atoms with Crippen molar-refractivity contribution in [1.29, 1.82) is 0 Å². The van der Waals surface area contributed by atoms with Crippen molar-refractivity contribution in [1.82, 2.24) is 0 Å². The van der Waals surface area contributed by atoms with E-state index >= 15 is 0 Å². The van der Waals surface area contributed by atoms with Crippen LogP contribution in [0.3, 0.4) is 0 Å². The highest BCUT2D eigenvalue weighted by Gasteiger charge is 2.24. The summed E-state index contributed by atoms with van der Waals surface area (Å²) in [5.74, 6) is 0.338. The molecule has 2 rings (SSSR count). The Labute approximate surface area is 104 Å². The second kappa shape index (κ2) is 4.82. The van der Waals surface area contributed by atoms with Crippen molar-refractivity contribution in [2.75, 3.05) is 5.32 Å². The highest BCUT2D eigenvalue weighted by atomic mass is 16.3. The van der Waals surface area contributed by atoms with E-state index in [-0.39, 0.29) is 5.54 Å². The van der Waals surface area contributed by atoms with Crippen LogP contribution in [0.15, 0.2) is 18.2 Å². The lowest BCUT2D eigenvalue weighted by atomic mass is 9.90. The number of fused-ring (bicyclic) bond motifs is 1. The molecule has 1 aliphatic heterocycles. The molecule has 0 atom stereocenters. The maximum absolute atomic E-state index is 9.90. The monoisotopic (exact) mass is 233 g/mol. The number of allylic oxidation sites excluding steroid dienone is 1. The minimum atomic E-state index is -0.0934. The normalized spacial score (nSPS) is 16.0. The van der Waals surface area contributed by atoms with Crippen molar-refractivity contribution >= 4 is 11.3 Å². The van der Waals surface area contributed by atoms with Gasteiger partial charge in [-0.25, -0.2) is 0 Å². The van der Waals surface area contributed by atoms with Crippen LogP contribution < -0.4 is 5.32 Å². The Hall–Kier alpha value is -1.44. The van der Waals surface area contributed by atoms with Crippen molar-refractivity contribution in [2.24, 2.45) is 0 Å². The summed E-state index contributed by atoms with van der Waals surface area (Å²) in [6.45, 7) is 12.3. The van der Waals surface area contributed by atoms with Gasteiger partial charge in [0.15, 0.2) is 0 Å². The number of aromatic hydroxyl groups is 1. The molecule has 0 fully saturated rings. The minimum absolute atomic E-state index is 0.0934. The van der Waals surface area contributed by atoms with Crippen molar-refractivity contribution in [3.8, 4) is 5.75 Å². The van der Waals surface area contributed by atoms with Gasteiger partial charge in [-0.1, -0.05) is 19.9 Å². The molecular formula is C15H23NO. The molecule has 1 aliphatic rings. The highest BCUT2D eigenvalue weighted by molar-refractivity contribution is 5.83. The maximum atomic E-state index is 9.90. The summed E-state index contributed by atoms with van der Waals surface area (Å²) in [6.07, 6.45) is 2.19. The van der Waals surface area contributed by atoms with E-state index in [9.17, 15) is 5.11 Å². The molecule has 0 amide bonds. The number of aryl methyl sites for hydroxylation is 1. The molecule has 94 valence electrons. The summed E-state index contributed by atoms with van der Waals surface area (Å²) in [6, 6.07) is 3.89. The second-order valence-corrected chi connectivity index (χ2v) is 4.88. The Kier molecular flexibility index (Phi) is 3.87. The summed E-state index contributed by atoms with van der Waals surface area (Å²) < 4.78 is 0. The van der Waals surface area contributed by atoms with Crippen LogP contribution in [0.1, 0.15) is 45.7 Å². The van der Waals surface area contributed by atoms with Gasteiger partial charge in [-0.3, -0.25) is 0 Å². The van der Waals surface area contributed by atoms with Gasteiger partial charge < -0.3 is 10.4 Å². The van der Waals surface area contributed by atoms with Gasteiger partial charge in [0.2, 0.25) is 0 Å². The molecule has 0 spiro atoms. The topological polar surface area (TPSA) is 32.3 Å². The quantitative estimate of drug-likeness (QED) is 0.653. The molecule has 1 heterocycles. The molecule has 0 saturated carbocycles. The smallest absolute Gasteiger partial charge is 0.139 e. The second-order valence-electron chi connectivity index (χ2n) is 4.88. The Morgan fingerprint density at radius 3 is 2.29 bits per heavy atom. The van der Waals surface area contributed by atoms with E-state index in [0.717, 1.165) is 16.8 Å².